The molecule has 248 valence electrons. The van der Waals surface area contributed by atoms with E-state index in [1.54, 1.807) is 0 Å². The van der Waals surface area contributed by atoms with Gasteiger partial charge in [0.2, 0.25) is 0 Å². The van der Waals surface area contributed by atoms with Gasteiger partial charge in [-0.1, -0.05) is 172 Å². The second kappa shape index (κ2) is 11.2. The summed E-state index contributed by atoms with van der Waals surface area (Å²) >= 11 is 0. The number of rotatable bonds is 3. The van der Waals surface area contributed by atoms with Gasteiger partial charge < -0.3 is 0 Å². The maximum absolute atomic E-state index is 2.43. The van der Waals surface area contributed by atoms with Crippen LogP contribution in [0.15, 0.2) is 182 Å². The Hall–Kier alpha value is -6.50. The largest absolute Gasteiger partial charge is 0.0616 e. The highest BCUT2D eigenvalue weighted by Gasteiger charge is 2.37. The van der Waals surface area contributed by atoms with Crippen LogP contribution in [-0.4, -0.2) is 0 Å². The summed E-state index contributed by atoms with van der Waals surface area (Å²) in [4.78, 5) is 0. The molecule has 11 rings (SSSR count). The van der Waals surface area contributed by atoms with Crippen LogP contribution in [0.5, 0.6) is 0 Å². The van der Waals surface area contributed by atoms with Crippen molar-refractivity contribution >= 4 is 53.9 Å². The molecule has 0 atom stereocenters. The minimum Gasteiger partial charge on any atom is -0.0616 e. The Morgan fingerprint density at radius 1 is 0.283 bits per heavy atom. The second-order valence-corrected chi connectivity index (χ2v) is 15.2. The molecule has 0 nitrogen and oxygen atoms in total. The van der Waals surface area contributed by atoms with Gasteiger partial charge in [0.1, 0.15) is 0 Å². The number of benzene rings is 10. The average Bonchev–Trinajstić information content (AvgIpc) is 3.44. The summed E-state index contributed by atoms with van der Waals surface area (Å²) in [5, 5.41) is 12.8. The van der Waals surface area contributed by atoms with Crippen molar-refractivity contribution in [3.05, 3.63) is 193 Å². The molecule has 0 spiro atoms. The zero-order valence-corrected chi connectivity index (χ0v) is 29.8. The second-order valence-electron chi connectivity index (χ2n) is 15.2. The van der Waals surface area contributed by atoms with Gasteiger partial charge in [0.05, 0.1) is 0 Å². The lowest BCUT2D eigenvalue weighted by molar-refractivity contribution is 0.661. The van der Waals surface area contributed by atoms with Crippen LogP contribution in [0.2, 0.25) is 0 Å². The Morgan fingerprint density at radius 3 is 1.49 bits per heavy atom. The Labute approximate surface area is 309 Å². The third kappa shape index (κ3) is 4.36. The van der Waals surface area contributed by atoms with Crippen LogP contribution in [0, 0.1) is 0 Å². The molecule has 1 aliphatic carbocycles. The standard InChI is InChI=1S/C53H36/c1-53(2)48-28-14-27-45(52(48)47-30-33-15-3-4-16-34(33)32-49(47)53)51-43-25-11-9-23-41(43)50(42-24-10-12-26-44(42)51)37-19-13-18-35(29-37)46-31-36-17-5-6-20-38(36)39-21-7-8-22-40(39)46/h3-32H,1-2H3. The van der Waals surface area contributed by atoms with Gasteiger partial charge >= 0.3 is 0 Å². The molecule has 0 radical (unpaired) electrons. The van der Waals surface area contributed by atoms with E-state index in [0.717, 1.165) is 0 Å². The highest BCUT2D eigenvalue weighted by Crippen LogP contribution is 2.55. The van der Waals surface area contributed by atoms with Crippen molar-refractivity contribution in [1.29, 1.82) is 0 Å². The van der Waals surface area contributed by atoms with Gasteiger partial charge in [0.25, 0.3) is 0 Å². The van der Waals surface area contributed by atoms with Gasteiger partial charge in [-0.25, -0.2) is 0 Å². The molecule has 0 heterocycles. The van der Waals surface area contributed by atoms with Gasteiger partial charge in [-0.05, 0) is 134 Å². The topological polar surface area (TPSA) is 0 Å². The quantitative estimate of drug-likeness (QED) is 0.129. The van der Waals surface area contributed by atoms with Crippen LogP contribution in [0.25, 0.3) is 98.4 Å². The molecule has 1 aliphatic rings. The molecule has 0 bridgehead atoms. The summed E-state index contributed by atoms with van der Waals surface area (Å²) in [5.41, 5.74) is 13.0. The number of fused-ring (bicyclic) bond motifs is 9. The summed E-state index contributed by atoms with van der Waals surface area (Å²) in [6, 6.07) is 67.9. The fraction of sp³-hybridized carbons (Fsp3) is 0.0566. The van der Waals surface area contributed by atoms with Gasteiger partial charge in [-0.2, -0.15) is 0 Å². The van der Waals surface area contributed by atoms with E-state index >= 15 is 0 Å². The van der Waals surface area contributed by atoms with Crippen LogP contribution >= 0.6 is 0 Å². The van der Waals surface area contributed by atoms with E-state index in [0.29, 0.717) is 0 Å². The first-order chi connectivity index (χ1) is 26.1. The van der Waals surface area contributed by atoms with Crippen molar-refractivity contribution in [2.24, 2.45) is 0 Å². The molecule has 0 saturated carbocycles. The smallest absolute Gasteiger partial charge is 0.0159 e. The molecule has 0 N–H and O–H groups in total. The van der Waals surface area contributed by atoms with E-state index in [1.165, 1.54) is 109 Å². The van der Waals surface area contributed by atoms with E-state index in [2.05, 4.69) is 196 Å². The van der Waals surface area contributed by atoms with Crippen LogP contribution in [0.1, 0.15) is 25.0 Å². The summed E-state index contributed by atoms with van der Waals surface area (Å²) < 4.78 is 0. The minimum atomic E-state index is -0.108. The zero-order chi connectivity index (χ0) is 35.3. The Bertz CT molecular complexity index is 3080. The Morgan fingerprint density at radius 2 is 0.792 bits per heavy atom. The molecule has 0 aliphatic heterocycles. The molecule has 0 fully saturated rings. The maximum atomic E-state index is 2.43. The lowest BCUT2D eigenvalue weighted by Gasteiger charge is -2.23. The van der Waals surface area contributed by atoms with Crippen LogP contribution in [0.3, 0.4) is 0 Å². The van der Waals surface area contributed by atoms with E-state index in [-0.39, 0.29) is 5.41 Å². The predicted molar refractivity (Wildman–Crippen MR) is 228 cm³/mol. The molecule has 53 heavy (non-hydrogen) atoms. The van der Waals surface area contributed by atoms with E-state index in [1.807, 2.05) is 0 Å². The van der Waals surface area contributed by atoms with Crippen LogP contribution in [0.4, 0.5) is 0 Å². The SMILES string of the molecule is CC1(C)c2cc3ccccc3cc2-c2c(-c3c4ccccc4c(-c4cccc(-c5cc6ccccc6c6ccccc56)c4)c4ccccc34)cccc21. The molecule has 0 heteroatoms. The van der Waals surface area contributed by atoms with E-state index in [4.69, 9.17) is 0 Å². The van der Waals surface area contributed by atoms with Crippen molar-refractivity contribution in [2.45, 2.75) is 19.3 Å². The van der Waals surface area contributed by atoms with Gasteiger partial charge in [-0.15, -0.1) is 0 Å². The van der Waals surface area contributed by atoms with Crippen molar-refractivity contribution in [1.82, 2.24) is 0 Å². The minimum absolute atomic E-state index is 0.108. The number of hydrogen-bond donors (Lipinski definition) is 0. The molecule has 0 unspecified atom stereocenters. The van der Waals surface area contributed by atoms with Gasteiger partial charge in [0.15, 0.2) is 0 Å². The Kier molecular flexibility index (Phi) is 6.40. The predicted octanol–water partition coefficient (Wildman–Crippen LogP) is 14.8. The highest BCUT2D eigenvalue weighted by molar-refractivity contribution is 6.23. The molecular formula is C53H36. The van der Waals surface area contributed by atoms with E-state index < -0.39 is 0 Å². The van der Waals surface area contributed by atoms with Gasteiger partial charge in [-0.3, -0.25) is 0 Å². The monoisotopic (exact) mass is 672 g/mol. The zero-order valence-electron chi connectivity index (χ0n) is 29.8. The highest BCUT2D eigenvalue weighted by atomic mass is 14.4. The Balaban J connectivity index is 1.19. The summed E-state index contributed by atoms with van der Waals surface area (Å²) in [7, 11) is 0. The van der Waals surface area contributed by atoms with Crippen LogP contribution < -0.4 is 0 Å². The first-order valence-electron chi connectivity index (χ1n) is 18.7. The molecule has 0 saturated heterocycles. The molecule has 0 amide bonds. The molecular weight excluding hydrogens is 637 g/mol. The van der Waals surface area contributed by atoms with Crippen molar-refractivity contribution < 1.29 is 0 Å². The maximum Gasteiger partial charge on any atom is 0.0159 e. The number of hydrogen-bond acceptors (Lipinski definition) is 0. The summed E-state index contributed by atoms with van der Waals surface area (Å²) in [6.45, 7) is 4.78. The van der Waals surface area contributed by atoms with Crippen molar-refractivity contribution in [3.63, 3.8) is 0 Å². The molecule has 10 aromatic rings. The fourth-order valence-electron chi connectivity index (χ4n) is 9.55. The lowest BCUT2D eigenvalue weighted by Crippen LogP contribution is -2.14. The average molecular weight is 673 g/mol. The van der Waals surface area contributed by atoms with Crippen molar-refractivity contribution in [2.75, 3.05) is 0 Å². The molecule has 10 aromatic carbocycles. The van der Waals surface area contributed by atoms with Gasteiger partial charge in [0, 0.05) is 5.41 Å². The van der Waals surface area contributed by atoms with E-state index in [9.17, 15) is 0 Å². The normalized spacial score (nSPS) is 13.2. The summed E-state index contributed by atoms with van der Waals surface area (Å²) in [6.07, 6.45) is 0. The van der Waals surface area contributed by atoms with Crippen molar-refractivity contribution in [3.8, 4) is 44.5 Å². The summed E-state index contributed by atoms with van der Waals surface area (Å²) in [5.74, 6) is 0. The first-order valence-corrected chi connectivity index (χ1v) is 18.7. The first kappa shape index (κ1) is 30.2. The molecule has 0 aromatic heterocycles. The lowest BCUT2D eigenvalue weighted by atomic mass is 9.80. The third-order valence-corrected chi connectivity index (χ3v) is 12.0. The fourth-order valence-corrected chi connectivity index (χ4v) is 9.55. The third-order valence-electron chi connectivity index (χ3n) is 12.0. The van der Waals surface area contributed by atoms with Crippen LogP contribution in [-0.2, 0) is 5.41 Å².